The van der Waals surface area contributed by atoms with Crippen LogP contribution in [0.15, 0.2) is 72.8 Å². The van der Waals surface area contributed by atoms with Crippen LogP contribution in [0.4, 0.5) is 0 Å². The Morgan fingerprint density at radius 2 is 1.10 bits per heavy atom. The second kappa shape index (κ2) is 12.4. The van der Waals surface area contributed by atoms with Gasteiger partial charge in [0, 0.05) is 0 Å². The maximum atomic E-state index is 13.6. The van der Waals surface area contributed by atoms with Crippen LogP contribution in [-0.4, -0.2) is 60.8 Å². The second-order valence-corrected chi connectivity index (χ2v) is 16.2. The number of hydrogen-bond acceptors (Lipinski definition) is 6. The molecule has 7 nitrogen and oxygen atoms in total. The van der Waals surface area contributed by atoms with Crippen molar-refractivity contribution in [1.29, 1.82) is 0 Å². The molecule has 1 amide bonds. The predicted octanol–water partition coefficient (Wildman–Crippen LogP) is 4.66. The zero-order chi connectivity index (χ0) is 29.8. The molecule has 222 valence electrons. The topological polar surface area (TPSA) is 80.3 Å². The van der Waals surface area contributed by atoms with E-state index >= 15 is 0 Å². The summed E-state index contributed by atoms with van der Waals surface area (Å²) < 4.78 is 16.4. The number of nitrogens with one attached hydrogen (secondary N) is 1. The Kier molecular flexibility index (Phi) is 9.32. The molecule has 2 N–H and O–H groups in total. The average molecular weight is 581 g/mol. The van der Waals surface area contributed by atoms with Crippen LogP contribution >= 0.6 is 7.26 Å². The number of methoxy groups -OCH3 is 3. The molecule has 0 aromatic heterocycles. The molecule has 0 saturated carbocycles. The van der Waals surface area contributed by atoms with Crippen molar-refractivity contribution in [2.24, 2.45) is 0 Å². The van der Waals surface area contributed by atoms with Crippen molar-refractivity contribution in [3.63, 3.8) is 0 Å². The van der Waals surface area contributed by atoms with Gasteiger partial charge in [0.25, 0.3) is 0 Å². The van der Waals surface area contributed by atoms with Gasteiger partial charge in [-0.25, -0.2) is 0 Å². The number of hydrogen-bond donors (Lipinski definition) is 2. The van der Waals surface area contributed by atoms with Crippen molar-refractivity contribution in [3.8, 4) is 17.2 Å². The van der Waals surface area contributed by atoms with E-state index in [0.717, 1.165) is 17.2 Å². The third kappa shape index (κ3) is 6.53. The van der Waals surface area contributed by atoms with Crippen LogP contribution < -0.4 is 35.4 Å². The molecule has 3 aromatic carbocycles. The van der Waals surface area contributed by atoms with E-state index in [1.807, 2.05) is 64.1 Å². The molecule has 41 heavy (non-hydrogen) atoms. The summed E-state index contributed by atoms with van der Waals surface area (Å²) in [5.41, 5.74) is -0.874. The van der Waals surface area contributed by atoms with Gasteiger partial charge in [-0.05, 0) is 0 Å². The summed E-state index contributed by atoms with van der Waals surface area (Å²) in [6.45, 7) is 8.06. The predicted molar refractivity (Wildman–Crippen MR) is 169 cm³/mol. The summed E-state index contributed by atoms with van der Waals surface area (Å²) in [7, 11) is 2.30. The van der Waals surface area contributed by atoms with Gasteiger partial charge < -0.3 is 0 Å². The van der Waals surface area contributed by atoms with E-state index < -0.39 is 18.3 Å². The van der Waals surface area contributed by atoms with Crippen molar-refractivity contribution in [1.82, 2.24) is 10.4 Å². The maximum absolute atomic E-state index is 13.6. The number of benzene rings is 3. The Morgan fingerprint density at radius 1 is 0.756 bits per heavy atom. The van der Waals surface area contributed by atoms with Crippen molar-refractivity contribution >= 4 is 29.1 Å². The summed E-state index contributed by atoms with van der Waals surface area (Å²) in [4.78, 5) is 13.6. The number of rotatable bonds is 10. The summed E-state index contributed by atoms with van der Waals surface area (Å²) >= 11 is 0. The van der Waals surface area contributed by atoms with Gasteiger partial charge in [-0.15, -0.1) is 0 Å². The molecule has 0 unspecified atom stereocenters. The van der Waals surface area contributed by atoms with Gasteiger partial charge in [-0.2, -0.15) is 0 Å². The zero-order valence-electron chi connectivity index (χ0n) is 25.4. The van der Waals surface area contributed by atoms with Crippen LogP contribution in [0.3, 0.4) is 0 Å². The molecule has 0 atom stereocenters. The van der Waals surface area contributed by atoms with Crippen LogP contribution in [0.5, 0.6) is 17.2 Å². The van der Waals surface area contributed by atoms with Crippen molar-refractivity contribution in [2.75, 3.05) is 27.5 Å². The second-order valence-electron chi connectivity index (χ2n) is 12.2. The third-order valence-corrected chi connectivity index (χ3v) is 13.4. The first-order chi connectivity index (χ1) is 19.4. The summed E-state index contributed by atoms with van der Waals surface area (Å²) in [5.74, 6) is 2.40. The van der Waals surface area contributed by atoms with E-state index in [4.69, 9.17) is 14.2 Å². The number of nitrogens with zero attached hydrogens (tertiary/aromatic N) is 1. The molecule has 1 aliphatic heterocycles. The Hall–Kier alpha value is -3.12. The van der Waals surface area contributed by atoms with Crippen LogP contribution in [0, 0.1) is 0 Å². The first kappa shape index (κ1) is 30.8. The molecule has 1 heterocycles. The van der Waals surface area contributed by atoms with E-state index in [1.165, 1.54) is 21.0 Å². The number of ether oxygens (including phenoxy) is 3. The molecule has 8 heteroatoms. The monoisotopic (exact) mass is 580 g/mol. The molecule has 0 aliphatic carbocycles. The number of piperidine rings is 1. The van der Waals surface area contributed by atoms with Crippen LogP contribution in [0.1, 0.15) is 47.0 Å². The normalized spacial score (nSPS) is 17.5. The summed E-state index contributed by atoms with van der Waals surface area (Å²) in [6, 6.07) is 24.8. The zero-order valence-corrected chi connectivity index (χ0v) is 26.4. The average Bonchev–Trinajstić information content (AvgIpc) is 2.96. The molecule has 0 spiro atoms. The van der Waals surface area contributed by atoms with Gasteiger partial charge in [0.2, 0.25) is 0 Å². The fourth-order valence-corrected chi connectivity index (χ4v) is 11.2. The van der Waals surface area contributed by atoms with Crippen molar-refractivity contribution < 1.29 is 24.2 Å². The molecule has 1 fully saturated rings. The fraction of sp³-hybridized carbons (Fsp3) is 0.424. The van der Waals surface area contributed by atoms with E-state index in [-0.39, 0.29) is 11.9 Å². The number of carbonyl (C=O) groups excluding carboxylic acids is 1. The molecule has 1 aliphatic rings. The molecule has 0 radical (unpaired) electrons. The van der Waals surface area contributed by atoms with Gasteiger partial charge in [0.05, 0.1) is 0 Å². The van der Waals surface area contributed by atoms with Crippen LogP contribution in [-0.2, 0) is 4.79 Å². The summed E-state index contributed by atoms with van der Waals surface area (Å²) in [6.07, 6.45) is 2.40. The molecule has 1 saturated heterocycles. The minimum atomic E-state index is -2.70. The Labute approximate surface area is 245 Å². The van der Waals surface area contributed by atoms with E-state index in [0.29, 0.717) is 25.4 Å². The van der Waals surface area contributed by atoms with Crippen molar-refractivity contribution in [2.45, 2.75) is 64.1 Å². The SMILES string of the molecule is COc1ccc([PH](CCC(=O)NC2CC(C)(C)N(O)C(C)(C)C2)(c2ccc(OC)cc2)c2ccc(OC)cc2)cc1. The molecular weight excluding hydrogens is 535 g/mol. The molecule has 4 rings (SSSR count). The van der Waals surface area contributed by atoms with E-state index in [2.05, 4.69) is 41.7 Å². The molecular formula is C33H45N2O5P. The Morgan fingerprint density at radius 3 is 1.41 bits per heavy atom. The van der Waals surface area contributed by atoms with Gasteiger partial charge in [-0.3, -0.25) is 0 Å². The molecule has 3 aromatic rings. The van der Waals surface area contributed by atoms with E-state index in [1.54, 1.807) is 21.3 Å². The molecule has 0 bridgehead atoms. The standard InChI is InChI=1S/C33H45N2O5P/c1-32(2)22-24(23-33(3,4)35(32)37)34-31(36)20-21-41(28-14-8-25(38-5)9-15-28,29-16-10-26(39-6)11-17-29)30-18-12-27(40-7)13-19-30/h8-19,24,37,41H,20-23H2,1-7H3,(H,34,36). The van der Waals surface area contributed by atoms with Gasteiger partial charge >= 0.3 is 245 Å². The van der Waals surface area contributed by atoms with Crippen LogP contribution in [0.2, 0.25) is 0 Å². The van der Waals surface area contributed by atoms with Gasteiger partial charge in [0.1, 0.15) is 0 Å². The van der Waals surface area contributed by atoms with Crippen molar-refractivity contribution in [3.05, 3.63) is 72.8 Å². The number of hydroxylamine groups is 2. The number of amides is 1. The summed E-state index contributed by atoms with van der Waals surface area (Å²) in [5, 5.41) is 19.1. The third-order valence-electron chi connectivity index (χ3n) is 8.48. The fourth-order valence-electron chi connectivity index (χ4n) is 6.53. The van der Waals surface area contributed by atoms with E-state index in [9.17, 15) is 10.0 Å². The van der Waals surface area contributed by atoms with Gasteiger partial charge in [0.15, 0.2) is 0 Å². The van der Waals surface area contributed by atoms with Gasteiger partial charge in [-0.1, -0.05) is 0 Å². The quantitative estimate of drug-likeness (QED) is 0.340. The number of carbonyl (C=O) groups is 1. The first-order valence-corrected chi connectivity index (χ1v) is 16.4. The Bertz CT molecular complexity index is 1170. The van der Waals surface area contributed by atoms with Crippen LogP contribution in [0.25, 0.3) is 0 Å². The Balaban J connectivity index is 1.72. The first-order valence-electron chi connectivity index (χ1n) is 14.2. The minimum absolute atomic E-state index is 0.0186.